The van der Waals surface area contributed by atoms with Gasteiger partial charge in [-0.1, -0.05) is 56.5 Å². The van der Waals surface area contributed by atoms with Crippen molar-refractivity contribution < 1.29 is 51.9 Å². The molecule has 4 N–H and O–H groups in total. The van der Waals surface area contributed by atoms with Crippen LogP contribution in [0.1, 0.15) is 97.0 Å². The second-order valence-electron chi connectivity index (χ2n) is 13.4. The third-order valence-electron chi connectivity index (χ3n) is 9.77. The van der Waals surface area contributed by atoms with Crippen LogP contribution in [0.25, 0.3) is 0 Å². The zero-order valence-corrected chi connectivity index (χ0v) is 30.8. The monoisotopic (exact) mass is 723 g/mol. The second-order valence-corrected chi connectivity index (χ2v) is 15.6. The van der Waals surface area contributed by atoms with Crippen LogP contribution in [0.15, 0.2) is 30.3 Å². The molecule has 1 aromatic carbocycles. The normalized spacial score (nSPS) is 21.9. The second kappa shape index (κ2) is 19.9. The molecule has 1 saturated carbocycles. The van der Waals surface area contributed by atoms with Gasteiger partial charge in [0, 0.05) is 38.5 Å². The zero-order chi connectivity index (χ0) is 36.7. The smallest absolute Gasteiger partial charge is 0.445 e. The molecule has 0 bridgehead atoms. The number of hydrogen-bond acceptors (Lipinski definition) is 9. The highest BCUT2D eigenvalue weighted by Crippen LogP contribution is 2.50. The number of rotatable bonds is 20. The molecule has 1 aromatic rings. The topological polar surface area (TPSA) is 186 Å². The van der Waals surface area contributed by atoms with Gasteiger partial charge in [-0.15, -0.1) is 0 Å². The highest BCUT2D eigenvalue weighted by Gasteiger charge is 2.55. The van der Waals surface area contributed by atoms with Gasteiger partial charge in [0.2, 0.25) is 11.8 Å². The molecule has 50 heavy (non-hydrogen) atoms. The van der Waals surface area contributed by atoms with Crippen molar-refractivity contribution in [3.63, 3.8) is 0 Å². The molecule has 0 spiro atoms. The summed E-state index contributed by atoms with van der Waals surface area (Å²) >= 11 is 0. The van der Waals surface area contributed by atoms with Gasteiger partial charge in [0.25, 0.3) is 0 Å². The van der Waals surface area contributed by atoms with E-state index in [0.717, 1.165) is 31.2 Å². The van der Waals surface area contributed by atoms with Crippen LogP contribution >= 0.6 is 7.60 Å². The molecule has 14 nitrogen and oxygen atoms in total. The summed E-state index contributed by atoms with van der Waals surface area (Å²) < 4.78 is 29.4. The van der Waals surface area contributed by atoms with Crippen molar-refractivity contribution in [3.05, 3.63) is 35.9 Å². The maximum Gasteiger partial charge on any atom is 0.521 e. The number of nitrogens with zero attached hydrogens (tertiary/aromatic N) is 1. The average molecular weight is 724 g/mol. The number of alkyl carbamates (subject to hydrolysis) is 1. The molecule has 2 unspecified atom stereocenters. The standard InChI is InChI=1S/C35H55N4O10P/c1-5-6-19-29(24-50(46,47-4)49-26(3)33(42)39(35(44)45)22-13-14-25(39)2)37-32(41)30(38-31(40)28-17-12-18-28)20-10-11-21-36-34(43)48-23-27-15-8-7-9-16-27/h7-9,15-16,25-26,28-30H,5-6,10-14,17-24H2,1-4H3,(H3-,36,37,38,40,41,43,44,45)/p+1/t25-,26+,29+,30+,39?,50?/m1/s1. The van der Waals surface area contributed by atoms with Crippen LogP contribution < -0.4 is 16.0 Å². The number of amides is 5. The molecule has 5 amide bonds. The van der Waals surface area contributed by atoms with Crippen LogP contribution in [0.3, 0.4) is 0 Å². The van der Waals surface area contributed by atoms with E-state index in [1.165, 1.54) is 14.0 Å². The van der Waals surface area contributed by atoms with Crippen molar-refractivity contribution in [2.75, 3.05) is 26.4 Å². The number of carbonyl (C=O) groups is 5. The van der Waals surface area contributed by atoms with Gasteiger partial charge in [-0.25, -0.2) is 9.59 Å². The maximum atomic E-state index is 13.9. The Bertz CT molecular complexity index is 1340. The molecule has 6 atom stereocenters. The number of likely N-dealkylation sites (tertiary alicyclic amines) is 1. The highest BCUT2D eigenvalue weighted by molar-refractivity contribution is 7.53. The fourth-order valence-electron chi connectivity index (χ4n) is 6.45. The molecule has 1 aliphatic heterocycles. The summed E-state index contributed by atoms with van der Waals surface area (Å²) in [7, 11) is -2.80. The Kier molecular flexibility index (Phi) is 16.4. The molecule has 1 aliphatic carbocycles. The van der Waals surface area contributed by atoms with E-state index >= 15 is 0 Å². The van der Waals surface area contributed by atoms with Gasteiger partial charge >= 0.3 is 25.7 Å². The summed E-state index contributed by atoms with van der Waals surface area (Å²) in [6.45, 7) is 5.66. The molecule has 2 fully saturated rings. The first kappa shape index (κ1) is 41.1. The molecule has 3 rings (SSSR count). The SMILES string of the molecule is CCCC[C@@H](CP(=O)(OC)O[C@@H](C)C(=O)[N+]1(C(=O)O)CCC[C@H]1C)NC(=O)[C@H](CCCCNC(=O)OCc1ccccc1)NC(=O)C1CCC1. The van der Waals surface area contributed by atoms with E-state index in [0.29, 0.717) is 51.5 Å². The predicted molar refractivity (Wildman–Crippen MR) is 186 cm³/mol. The lowest BCUT2D eigenvalue weighted by Crippen LogP contribution is -2.61. The first-order valence-electron chi connectivity index (χ1n) is 17.9. The van der Waals surface area contributed by atoms with Gasteiger partial charge in [-0.05, 0) is 57.9 Å². The van der Waals surface area contributed by atoms with Gasteiger partial charge in [0.1, 0.15) is 18.7 Å². The summed E-state index contributed by atoms with van der Waals surface area (Å²) in [6, 6.07) is 7.33. The molecule has 1 heterocycles. The Morgan fingerprint density at radius 1 is 1.00 bits per heavy atom. The van der Waals surface area contributed by atoms with E-state index in [2.05, 4.69) is 16.0 Å². The minimum Gasteiger partial charge on any atom is -0.445 e. The minimum absolute atomic E-state index is 0.123. The van der Waals surface area contributed by atoms with Crippen LogP contribution in [0.2, 0.25) is 0 Å². The number of carboxylic acid groups (broad SMARTS) is 1. The Morgan fingerprint density at radius 3 is 2.30 bits per heavy atom. The van der Waals surface area contributed by atoms with Crippen LogP contribution in [0.4, 0.5) is 9.59 Å². The molecular weight excluding hydrogens is 667 g/mol. The summed E-state index contributed by atoms with van der Waals surface area (Å²) in [4.78, 5) is 64.4. The van der Waals surface area contributed by atoms with E-state index in [1.54, 1.807) is 6.92 Å². The summed E-state index contributed by atoms with van der Waals surface area (Å²) in [5.74, 6) is -1.47. The summed E-state index contributed by atoms with van der Waals surface area (Å²) in [5, 5.41) is 18.5. The highest BCUT2D eigenvalue weighted by atomic mass is 31.2. The van der Waals surface area contributed by atoms with E-state index in [9.17, 15) is 33.6 Å². The average Bonchev–Trinajstić information content (AvgIpc) is 3.46. The van der Waals surface area contributed by atoms with Crippen LogP contribution in [-0.4, -0.2) is 90.1 Å². The van der Waals surface area contributed by atoms with Gasteiger partial charge in [-0.2, -0.15) is 9.28 Å². The quantitative estimate of drug-likeness (QED) is 0.0762. The van der Waals surface area contributed by atoms with Crippen molar-refractivity contribution in [1.29, 1.82) is 0 Å². The number of quaternary nitrogens is 1. The Balaban J connectivity index is 1.61. The first-order valence-corrected chi connectivity index (χ1v) is 19.6. The van der Waals surface area contributed by atoms with E-state index in [1.807, 2.05) is 37.3 Å². The van der Waals surface area contributed by atoms with E-state index < -0.39 is 60.3 Å². The molecule has 2 aliphatic rings. The van der Waals surface area contributed by atoms with E-state index in [-0.39, 0.29) is 31.1 Å². The first-order chi connectivity index (χ1) is 23.8. The molecule has 0 aromatic heterocycles. The number of ether oxygens (including phenoxy) is 1. The predicted octanol–water partition coefficient (Wildman–Crippen LogP) is 5.49. The minimum atomic E-state index is -4.00. The molecular formula is C35H56N4O10P+. The fourth-order valence-corrected chi connectivity index (χ4v) is 8.16. The lowest BCUT2D eigenvalue weighted by atomic mass is 9.84. The van der Waals surface area contributed by atoms with Crippen molar-refractivity contribution in [2.24, 2.45) is 5.92 Å². The van der Waals surface area contributed by atoms with Crippen LogP contribution in [-0.2, 0) is 39.3 Å². The lowest BCUT2D eigenvalue weighted by Gasteiger charge is -2.33. The fraction of sp³-hybridized carbons (Fsp3) is 0.686. The Hall–Kier alpha value is -3.32. The van der Waals surface area contributed by atoms with Crippen LogP contribution in [0, 0.1) is 5.92 Å². The third-order valence-corrected chi connectivity index (χ3v) is 11.9. The van der Waals surface area contributed by atoms with Gasteiger partial charge in [0.15, 0.2) is 6.10 Å². The van der Waals surface area contributed by atoms with Gasteiger partial charge in [0.05, 0.1) is 12.7 Å². The van der Waals surface area contributed by atoms with Crippen molar-refractivity contribution in [3.8, 4) is 0 Å². The number of imide groups is 1. The Labute approximate surface area is 295 Å². The van der Waals surface area contributed by atoms with Crippen LogP contribution in [0.5, 0.6) is 0 Å². The van der Waals surface area contributed by atoms with Gasteiger partial charge in [-0.3, -0.25) is 18.7 Å². The number of hydrogen-bond donors (Lipinski definition) is 4. The number of unbranched alkanes of at least 4 members (excludes halogenated alkanes) is 2. The molecule has 0 radical (unpaired) electrons. The molecule has 280 valence electrons. The third kappa shape index (κ3) is 11.6. The summed E-state index contributed by atoms with van der Waals surface area (Å²) in [5.41, 5.74) is 0.872. The van der Waals surface area contributed by atoms with Gasteiger partial charge < -0.3 is 30.3 Å². The molecule has 1 saturated heterocycles. The van der Waals surface area contributed by atoms with E-state index in [4.69, 9.17) is 13.8 Å². The lowest BCUT2D eigenvalue weighted by molar-refractivity contribution is -0.793. The zero-order valence-electron chi connectivity index (χ0n) is 29.9. The van der Waals surface area contributed by atoms with Crippen molar-refractivity contribution >= 4 is 37.5 Å². The number of nitrogens with one attached hydrogen (secondary N) is 3. The number of carbonyl (C=O) groups excluding carboxylic acids is 4. The largest absolute Gasteiger partial charge is 0.521 e. The van der Waals surface area contributed by atoms with Crippen molar-refractivity contribution in [1.82, 2.24) is 16.0 Å². The number of benzene rings is 1. The Morgan fingerprint density at radius 2 is 1.72 bits per heavy atom. The summed E-state index contributed by atoms with van der Waals surface area (Å²) in [6.07, 6.45) is 3.49. The van der Waals surface area contributed by atoms with Crippen molar-refractivity contribution in [2.45, 2.75) is 122 Å². The molecule has 15 heteroatoms. The maximum absolute atomic E-state index is 13.9.